The molecule has 3 rings (SSSR count). The Morgan fingerprint density at radius 3 is 2.43 bits per heavy atom. The normalized spacial score (nSPS) is 12.4. The van der Waals surface area contributed by atoms with E-state index < -0.39 is 0 Å². The maximum Gasteiger partial charge on any atom is 0.221 e. The van der Waals surface area contributed by atoms with E-state index in [1.807, 2.05) is 60.0 Å². The van der Waals surface area contributed by atoms with Gasteiger partial charge in [-0.2, -0.15) is 0 Å². The van der Waals surface area contributed by atoms with Crippen LogP contribution in [-0.4, -0.2) is 31.7 Å². The molecule has 1 aromatic heterocycles. The van der Waals surface area contributed by atoms with E-state index in [1.165, 1.54) is 24.2 Å². The minimum Gasteiger partial charge on any atom is -0.326 e. The maximum atomic E-state index is 12.9. The largest absolute Gasteiger partial charge is 0.326 e. The summed E-state index contributed by atoms with van der Waals surface area (Å²) in [5.41, 5.74) is 3.42. The Hall–Kier alpha value is -2.93. The lowest BCUT2D eigenvalue weighted by Crippen LogP contribution is -2.16. The number of Topliss-reactive ketones (excluding diaryl/α,β-unsaturated/α-hetero) is 1. The van der Waals surface area contributed by atoms with Crippen LogP contribution in [0.15, 0.2) is 60.0 Å². The lowest BCUT2D eigenvalue weighted by atomic mass is 9.86. The number of amides is 1. The van der Waals surface area contributed by atoms with Gasteiger partial charge in [0.25, 0.3) is 0 Å². The molecular formula is C23H26N4O2S. The van der Waals surface area contributed by atoms with E-state index in [9.17, 15) is 9.59 Å². The number of carbonyl (C=O) groups excluding carboxylic acids is 2. The van der Waals surface area contributed by atoms with Gasteiger partial charge in [-0.05, 0) is 36.1 Å². The van der Waals surface area contributed by atoms with Crippen molar-refractivity contribution in [2.45, 2.75) is 50.4 Å². The number of carbonyl (C=O) groups is 2. The summed E-state index contributed by atoms with van der Waals surface area (Å²) < 4.78 is 1.81. The van der Waals surface area contributed by atoms with Gasteiger partial charge in [-0.3, -0.25) is 14.2 Å². The summed E-state index contributed by atoms with van der Waals surface area (Å²) in [5, 5.41) is 11.2. The molecule has 1 unspecified atom stereocenters. The van der Waals surface area contributed by atoms with Crippen LogP contribution >= 0.6 is 11.8 Å². The Bertz CT molecular complexity index is 1050. The number of hydrogen-bond acceptors (Lipinski definition) is 5. The third-order valence-electron chi connectivity index (χ3n) is 4.65. The van der Waals surface area contributed by atoms with Crippen LogP contribution in [0.25, 0.3) is 5.69 Å². The van der Waals surface area contributed by atoms with Crippen molar-refractivity contribution < 1.29 is 9.59 Å². The van der Waals surface area contributed by atoms with Crippen LogP contribution in [0, 0.1) is 0 Å². The molecule has 0 radical (unpaired) electrons. The second-order valence-corrected chi connectivity index (χ2v) is 9.47. The van der Waals surface area contributed by atoms with E-state index in [1.54, 1.807) is 6.33 Å². The third-order valence-corrected chi connectivity index (χ3v) is 5.70. The van der Waals surface area contributed by atoms with Crippen LogP contribution in [0.2, 0.25) is 0 Å². The number of thioether (sulfide) groups is 1. The molecule has 0 spiro atoms. The van der Waals surface area contributed by atoms with Crippen molar-refractivity contribution >= 4 is 29.1 Å². The summed E-state index contributed by atoms with van der Waals surface area (Å²) in [7, 11) is 0. The smallest absolute Gasteiger partial charge is 0.221 e. The highest BCUT2D eigenvalue weighted by Gasteiger charge is 2.21. The van der Waals surface area contributed by atoms with Gasteiger partial charge >= 0.3 is 0 Å². The van der Waals surface area contributed by atoms with Gasteiger partial charge in [0.2, 0.25) is 5.91 Å². The molecule has 0 saturated carbocycles. The first kappa shape index (κ1) is 21.8. The minimum absolute atomic E-state index is 0.0435. The SMILES string of the molecule is CC(=O)Nc1cccc(-n2cnnc2SC(C)C(=O)c2ccc(C(C)(C)C)cc2)c1. The van der Waals surface area contributed by atoms with E-state index in [-0.39, 0.29) is 22.4 Å². The van der Waals surface area contributed by atoms with Crippen LogP contribution in [0.3, 0.4) is 0 Å². The topological polar surface area (TPSA) is 76.9 Å². The monoisotopic (exact) mass is 422 g/mol. The highest BCUT2D eigenvalue weighted by atomic mass is 32.2. The molecule has 1 heterocycles. The Morgan fingerprint density at radius 1 is 1.10 bits per heavy atom. The number of hydrogen-bond donors (Lipinski definition) is 1. The Labute approximate surface area is 181 Å². The molecule has 1 N–H and O–H groups in total. The summed E-state index contributed by atoms with van der Waals surface area (Å²) in [6.07, 6.45) is 1.60. The van der Waals surface area contributed by atoms with Crippen LogP contribution < -0.4 is 5.32 Å². The zero-order chi connectivity index (χ0) is 21.9. The number of nitrogens with zero attached hydrogens (tertiary/aromatic N) is 3. The Morgan fingerprint density at radius 2 is 1.80 bits per heavy atom. The molecular weight excluding hydrogens is 396 g/mol. The third kappa shape index (κ3) is 5.16. The predicted molar refractivity (Wildman–Crippen MR) is 120 cm³/mol. The standard InChI is InChI=1S/C23H26N4O2S/c1-15(21(29)17-9-11-18(12-10-17)23(3,4)5)30-22-26-24-14-27(22)20-8-6-7-19(13-20)25-16(2)28/h6-15H,1-5H3,(H,25,28). The lowest BCUT2D eigenvalue weighted by Gasteiger charge is -2.19. The quantitative estimate of drug-likeness (QED) is 0.452. The van der Waals surface area contributed by atoms with Gasteiger partial charge in [0.1, 0.15) is 6.33 Å². The summed E-state index contributed by atoms with van der Waals surface area (Å²) in [6.45, 7) is 9.79. The molecule has 30 heavy (non-hydrogen) atoms. The van der Waals surface area contributed by atoms with Crippen molar-refractivity contribution in [1.82, 2.24) is 14.8 Å². The highest BCUT2D eigenvalue weighted by molar-refractivity contribution is 8.00. The van der Waals surface area contributed by atoms with Crippen molar-refractivity contribution in [1.29, 1.82) is 0 Å². The number of aromatic nitrogens is 3. The molecule has 0 saturated heterocycles. The fourth-order valence-electron chi connectivity index (χ4n) is 3.00. The minimum atomic E-state index is -0.327. The van der Waals surface area contributed by atoms with Gasteiger partial charge in [0.15, 0.2) is 10.9 Å². The molecule has 156 valence electrons. The molecule has 0 aliphatic heterocycles. The number of nitrogens with one attached hydrogen (secondary N) is 1. The van der Waals surface area contributed by atoms with E-state index >= 15 is 0 Å². The second-order valence-electron chi connectivity index (χ2n) is 8.17. The molecule has 2 aromatic carbocycles. The molecule has 0 aliphatic rings. The molecule has 7 heteroatoms. The van der Waals surface area contributed by atoms with Gasteiger partial charge in [-0.25, -0.2) is 0 Å². The molecule has 0 aliphatic carbocycles. The number of ketones is 1. The van der Waals surface area contributed by atoms with Crippen LogP contribution in [-0.2, 0) is 10.2 Å². The first-order valence-electron chi connectivity index (χ1n) is 9.74. The molecule has 6 nitrogen and oxygen atoms in total. The number of anilines is 1. The Kier molecular flexibility index (Phi) is 6.41. The average Bonchev–Trinajstić information content (AvgIpc) is 3.14. The van der Waals surface area contributed by atoms with Crippen molar-refractivity contribution in [3.63, 3.8) is 0 Å². The summed E-state index contributed by atoms with van der Waals surface area (Å²) >= 11 is 1.36. The van der Waals surface area contributed by atoms with Crippen molar-refractivity contribution in [2.75, 3.05) is 5.32 Å². The van der Waals surface area contributed by atoms with Gasteiger partial charge in [0.05, 0.1) is 10.9 Å². The van der Waals surface area contributed by atoms with Crippen LogP contribution in [0.4, 0.5) is 5.69 Å². The summed E-state index contributed by atoms with van der Waals surface area (Å²) in [5.74, 6) is -0.0933. The predicted octanol–water partition coefficient (Wildman–Crippen LogP) is 4.89. The van der Waals surface area contributed by atoms with Gasteiger partial charge in [0, 0.05) is 18.2 Å². The van der Waals surface area contributed by atoms with E-state index in [2.05, 4.69) is 36.3 Å². The van der Waals surface area contributed by atoms with Crippen molar-refractivity contribution in [2.24, 2.45) is 0 Å². The lowest BCUT2D eigenvalue weighted by molar-refractivity contribution is -0.114. The zero-order valence-electron chi connectivity index (χ0n) is 17.8. The van der Waals surface area contributed by atoms with Gasteiger partial charge < -0.3 is 5.32 Å². The van der Waals surface area contributed by atoms with E-state index in [4.69, 9.17) is 0 Å². The van der Waals surface area contributed by atoms with Crippen molar-refractivity contribution in [3.8, 4) is 5.69 Å². The fraction of sp³-hybridized carbons (Fsp3) is 0.304. The van der Waals surface area contributed by atoms with E-state index in [0.717, 1.165) is 5.69 Å². The number of rotatable bonds is 6. The summed E-state index contributed by atoms with van der Waals surface area (Å²) in [6, 6.07) is 15.2. The zero-order valence-corrected chi connectivity index (χ0v) is 18.7. The summed E-state index contributed by atoms with van der Waals surface area (Å²) in [4.78, 5) is 24.3. The Balaban J connectivity index is 1.77. The fourth-order valence-corrected chi connectivity index (χ4v) is 3.92. The molecule has 1 atom stereocenters. The van der Waals surface area contributed by atoms with Crippen LogP contribution in [0.1, 0.15) is 50.5 Å². The van der Waals surface area contributed by atoms with Crippen LogP contribution in [0.5, 0.6) is 0 Å². The molecule has 0 bridgehead atoms. The van der Waals surface area contributed by atoms with E-state index in [0.29, 0.717) is 16.4 Å². The maximum absolute atomic E-state index is 12.9. The average molecular weight is 423 g/mol. The number of benzene rings is 2. The van der Waals surface area contributed by atoms with Gasteiger partial charge in [-0.1, -0.05) is 62.9 Å². The van der Waals surface area contributed by atoms with Gasteiger partial charge in [-0.15, -0.1) is 10.2 Å². The van der Waals surface area contributed by atoms with Crippen molar-refractivity contribution in [3.05, 3.63) is 66.0 Å². The molecule has 1 amide bonds. The molecule has 0 fully saturated rings. The highest BCUT2D eigenvalue weighted by Crippen LogP contribution is 2.28. The first-order valence-corrected chi connectivity index (χ1v) is 10.6. The first-order chi connectivity index (χ1) is 14.1. The molecule has 3 aromatic rings. The second kappa shape index (κ2) is 8.83.